The van der Waals surface area contributed by atoms with Crippen molar-refractivity contribution in [3.63, 3.8) is 0 Å². The molecule has 1 saturated carbocycles. The van der Waals surface area contributed by atoms with Gasteiger partial charge in [-0.2, -0.15) is 11.3 Å². The maximum Gasteiger partial charge on any atom is 0.0309 e. The standard InChI is InChI=1S/C15H24N2S/c1-3-14-8-16-15(2,13-4-5-13)11-17(14)9-12-6-7-18-10-12/h6-7,10,13-14,16H,3-5,8-9,11H2,1-2H3. The maximum atomic E-state index is 3.83. The van der Waals surface area contributed by atoms with E-state index in [2.05, 4.69) is 40.9 Å². The number of hydrogen-bond donors (Lipinski definition) is 1. The van der Waals surface area contributed by atoms with Crippen molar-refractivity contribution in [3.8, 4) is 0 Å². The fourth-order valence-corrected chi connectivity index (χ4v) is 3.95. The Balaban J connectivity index is 1.71. The Bertz CT molecular complexity index is 385. The molecular formula is C15H24N2S. The van der Waals surface area contributed by atoms with Gasteiger partial charge in [-0.15, -0.1) is 0 Å². The zero-order valence-corrected chi connectivity index (χ0v) is 12.3. The molecule has 0 spiro atoms. The minimum absolute atomic E-state index is 0.363. The average Bonchev–Trinajstić information content (AvgIpc) is 3.11. The number of nitrogens with one attached hydrogen (secondary N) is 1. The molecule has 100 valence electrons. The van der Waals surface area contributed by atoms with Crippen molar-refractivity contribution in [2.24, 2.45) is 5.92 Å². The summed E-state index contributed by atoms with van der Waals surface area (Å²) in [6.07, 6.45) is 4.09. The predicted molar refractivity (Wildman–Crippen MR) is 77.9 cm³/mol. The van der Waals surface area contributed by atoms with Crippen molar-refractivity contribution in [2.45, 2.75) is 51.2 Å². The van der Waals surface area contributed by atoms with E-state index >= 15 is 0 Å². The molecular weight excluding hydrogens is 240 g/mol. The lowest BCUT2D eigenvalue weighted by molar-refractivity contribution is 0.0667. The van der Waals surface area contributed by atoms with Crippen molar-refractivity contribution >= 4 is 11.3 Å². The number of thiophene rings is 1. The highest BCUT2D eigenvalue weighted by Crippen LogP contribution is 2.41. The van der Waals surface area contributed by atoms with Crippen LogP contribution in [0.3, 0.4) is 0 Å². The molecule has 1 saturated heterocycles. The molecule has 0 amide bonds. The van der Waals surface area contributed by atoms with E-state index in [1.165, 1.54) is 31.4 Å². The molecule has 3 rings (SSSR count). The second-order valence-electron chi connectivity index (χ2n) is 6.17. The molecule has 2 heterocycles. The Kier molecular flexibility index (Phi) is 3.48. The van der Waals surface area contributed by atoms with Crippen molar-refractivity contribution in [2.75, 3.05) is 13.1 Å². The zero-order valence-electron chi connectivity index (χ0n) is 11.5. The molecule has 2 aliphatic rings. The van der Waals surface area contributed by atoms with Crippen LogP contribution in [0, 0.1) is 5.92 Å². The van der Waals surface area contributed by atoms with Crippen LogP contribution in [0.15, 0.2) is 16.8 Å². The topological polar surface area (TPSA) is 15.3 Å². The smallest absolute Gasteiger partial charge is 0.0309 e. The van der Waals surface area contributed by atoms with E-state index in [0.29, 0.717) is 11.6 Å². The summed E-state index contributed by atoms with van der Waals surface area (Å²) in [5.74, 6) is 0.917. The van der Waals surface area contributed by atoms with Crippen molar-refractivity contribution < 1.29 is 0 Å². The highest BCUT2D eigenvalue weighted by Gasteiger charge is 2.45. The molecule has 0 bridgehead atoms. The molecule has 18 heavy (non-hydrogen) atoms. The molecule has 1 aliphatic heterocycles. The van der Waals surface area contributed by atoms with Crippen molar-refractivity contribution in [1.29, 1.82) is 0 Å². The molecule has 2 fully saturated rings. The molecule has 1 aromatic heterocycles. The van der Waals surface area contributed by atoms with Gasteiger partial charge in [-0.25, -0.2) is 0 Å². The van der Waals surface area contributed by atoms with Gasteiger partial charge in [0.2, 0.25) is 0 Å². The summed E-state index contributed by atoms with van der Waals surface area (Å²) < 4.78 is 0. The first kappa shape index (κ1) is 12.6. The lowest BCUT2D eigenvalue weighted by Gasteiger charge is -2.46. The van der Waals surface area contributed by atoms with Crippen LogP contribution in [0.25, 0.3) is 0 Å². The van der Waals surface area contributed by atoms with E-state index in [4.69, 9.17) is 0 Å². The number of hydrogen-bond acceptors (Lipinski definition) is 3. The third kappa shape index (κ3) is 2.49. The summed E-state index contributed by atoms with van der Waals surface area (Å²) in [6.45, 7) is 8.25. The van der Waals surface area contributed by atoms with E-state index in [0.717, 1.165) is 19.0 Å². The monoisotopic (exact) mass is 264 g/mol. The third-order valence-corrected chi connectivity index (χ3v) is 5.44. The molecule has 1 aromatic rings. The highest BCUT2D eigenvalue weighted by atomic mass is 32.1. The summed E-state index contributed by atoms with van der Waals surface area (Å²) in [4.78, 5) is 2.71. The van der Waals surface area contributed by atoms with E-state index < -0.39 is 0 Å². The molecule has 1 aliphatic carbocycles. The lowest BCUT2D eigenvalue weighted by atomic mass is 9.90. The Labute approximate surface area is 114 Å². The van der Waals surface area contributed by atoms with Gasteiger partial charge < -0.3 is 5.32 Å². The molecule has 2 nitrogen and oxygen atoms in total. The van der Waals surface area contributed by atoms with Gasteiger partial charge in [-0.05, 0) is 54.5 Å². The van der Waals surface area contributed by atoms with Gasteiger partial charge in [0.1, 0.15) is 0 Å². The van der Waals surface area contributed by atoms with Crippen LogP contribution < -0.4 is 5.32 Å². The van der Waals surface area contributed by atoms with Crippen LogP contribution in [0.5, 0.6) is 0 Å². The molecule has 2 atom stereocenters. The summed E-state index contributed by atoms with van der Waals surface area (Å²) in [7, 11) is 0. The second-order valence-corrected chi connectivity index (χ2v) is 6.95. The van der Waals surface area contributed by atoms with E-state index in [1.54, 1.807) is 0 Å². The van der Waals surface area contributed by atoms with Gasteiger partial charge in [0.15, 0.2) is 0 Å². The van der Waals surface area contributed by atoms with Crippen LogP contribution in [-0.4, -0.2) is 29.6 Å². The Morgan fingerprint density at radius 2 is 2.33 bits per heavy atom. The minimum atomic E-state index is 0.363. The van der Waals surface area contributed by atoms with Gasteiger partial charge in [0, 0.05) is 31.2 Å². The van der Waals surface area contributed by atoms with Crippen LogP contribution in [-0.2, 0) is 6.54 Å². The minimum Gasteiger partial charge on any atom is -0.308 e. The molecule has 3 heteroatoms. The molecule has 1 N–H and O–H groups in total. The Morgan fingerprint density at radius 3 is 2.94 bits per heavy atom. The average molecular weight is 264 g/mol. The Morgan fingerprint density at radius 1 is 1.50 bits per heavy atom. The molecule has 0 radical (unpaired) electrons. The summed E-state index contributed by atoms with van der Waals surface area (Å²) >= 11 is 1.81. The van der Waals surface area contributed by atoms with Gasteiger partial charge in [-0.1, -0.05) is 6.92 Å². The van der Waals surface area contributed by atoms with Crippen molar-refractivity contribution in [1.82, 2.24) is 10.2 Å². The quantitative estimate of drug-likeness (QED) is 0.899. The largest absolute Gasteiger partial charge is 0.308 e. The zero-order chi connectivity index (χ0) is 12.6. The SMILES string of the molecule is CCC1CNC(C)(C2CC2)CN1Cc1ccsc1. The fourth-order valence-electron chi connectivity index (χ4n) is 3.29. The molecule has 2 unspecified atom stereocenters. The third-order valence-electron chi connectivity index (χ3n) is 4.70. The normalized spacial score (nSPS) is 33.8. The van der Waals surface area contributed by atoms with Crippen molar-refractivity contribution in [3.05, 3.63) is 22.4 Å². The van der Waals surface area contributed by atoms with Crippen LogP contribution in [0.2, 0.25) is 0 Å². The van der Waals surface area contributed by atoms with Crippen LogP contribution >= 0.6 is 11.3 Å². The van der Waals surface area contributed by atoms with E-state index in [-0.39, 0.29) is 0 Å². The van der Waals surface area contributed by atoms with E-state index in [9.17, 15) is 0 Å². The van der Waals surface area contributed by atoms with Gasteiger partial charge >= 0.3 is 0 Å². The van der Waals surface area contributed by atoms with Gasteiger partial charge in [0.05, 0.1) is 0 Å². The van der Waals surface area contributed by atoms with E-state index in [1.807, 2.05) is 11.3 Å². The summed E-state index contributed by atoms with van der Waals surface area (Å²) in [5, 5.41) is 8.32. The van der Waals surface area contributed by atoms with Crippen LogP contribution in [0.1, 0.15) is 38.7 Å². The summed E-state index contributed by atoms with van der Waals surface area (Å²) in [5.41, 5.74) is 1.85. The number of piperazine rings is 1. The number of nitrogens with zero attached hydrogens (tertiary/aromatic N) is 1. The number of rotatable bonds is 4. The fraction of sp³-hybridized carbons (Fsp3) is 0.733. The Hall–Kier alpha value is -0.380. The lowest BCUT2D eigenvalue weighted by Crippen LogP contribution is -2.63. The van der Waals surface area contributed by atoms with Crippen LogP contribution in [0.4, 0.5) is 0 Å². The highest BCUT2D eigenvalue weighted by molar-refractivity contribution is 7.07. The first-order valence-corrected chi connectivity index (χ1v) is 8.15. The second kappa shape index (κ2) is 4.95. The van der Waals surface area contributed by atoms with Gasteiger partial charge in [0.25, 0.3) is 0 Å². The first-order chi connectivity index (χ1) is 8.71. The first-order valence-electron chi connectivity index (χ1n) is 7.21. The summed E-state index contributed by atoms with van der Waals surface area (Å²) in [6, 6.07) is 2.98. The van der Waals surface area contributed by atoms with Gasteiger partial charge in [-0.3, -0.25) is 4.90 Å². The maximum absolute atomic E-state index is 3.83. The predicted octanol–water partition coefficient (Wildman–Crippen LogP) is 3.10. The molecule has 0 aromatic carbocycles.